The molecule has 20 heavy (non-hydrogen) atoms. The first kappa shape index (κ1) is 16.5. The topological polar surface area (TPSA) is 50.4 Å². The number of ether oxygens (including phenoxy) is 1. The van der Waals surface area contributed by atoms with Crippen LogP contribution in [0.2, 0.25) is 0 Å². The highest BCUT2D eigenvalue weighted by atomic mass is 16.5. The summed E-state index contributed by atoms with van der Waals surface area (Å²) in [6.07, 6.45) is 1.87. The summed E-state index contributed by atoms with van der Waals surface area (Å²) in [5.41, 5.74) is 1.11. The van der Waals surface area contributed by atoms with E-state index in [1.165, 1.54) is 0 Å². The van der Waals surface area contributed by atoms with Crippen molar-refractivity contribution in [3.05, 3.63) is 29.8 Å². The number of benzene rings is 1. The van der Waals surface area contributed by atoms with Crippen LogP contribution in [0, 0.1) is 5.92 Å². The zero-order chi connectivity index (χ0) is 14.8. The third kappa shape index (κ3) is 6.57. The highest BCUT2D eigenvalue weighted by molar-refractivity contribution is 5.77. The average Bonchev–Trinajstić information content (AvgIpc) is 2.44. The molecule has 1 rings (SSSR count). The van der Waals surface area contributed by atoms with Crippen LogP contribution in [0.4, 0.5) is 0 Å². The van der Waals surface area contributed by atoms with E-state index in [0.29, 0.717) is 19.0 Å². The molecule has 0 atom stereocenters. The highest BCUT2D eigenvalue weighted by Crippen LogP contribution is 2.17. The summed E-state index contributed by atoms with van der Waals surface area (Å²) in [5, 5.41) is 6.06. The van der Waals surface area contributed by atoms with Gasteiger partial charge in [0, 0.05) is 6.54 Å². The van der Waals surface area contributed by atoms with Gasteiger partial charge in [-0.2, -0.15) is 0 Å². The second-order valence-electron chi connectivity index (χ2n) is 5.27. The first-order chi connectivity index (χ1) is 9.63. The Morgan fingerprint density at radius 3 is 2.70 bits per heavy atom. The minimum atomic E-state index is 0.0451. The SMILES string of the molecule is COc1ccccc1CCNC(=O)CNCCC(C)C. The average molecular weight is 278 g/mol. The van der Waals surface area contributed by atoms with Crippen molar-refractivity contribution >= 4 is 5.91 Å². The van der Waals surface area contributed by atoms with Crippen LogP contribution in [-0.2, 0) is 11.2 Å². The molecule has 4 heteroatoms. The summed E-state index contributed by atoms with van der Waals surface area (Å²) in [5.74, 6) is 1.58. The summed E-state index contributed by atoms with van der Waals surface area (Å²) in [6, 6.07) is 7.88. The summed E-state index contributed by atoms with van der Waals surface area (Å²) in [4.78, 5) is 11.6. The lowest BCUT2D eigenvalue weighted by molar-refractivity contribution is -0.120. The smallest absolute Gasteiger partial charge is 0.233 e. The van der Waals surface area contributed by atoms with Crippen LogP contribution in [0.15, 0.2) is 24.3 Å². The normalized spacial score (nSPS) is 10.6. The molecule has 2 N–H and O–H groups in total. The van der Waals surface area contributed by atoms with Crippen LogP contribution in [0.3, 0.4) is 0 Å². The zero-order valence-corrected chi connectivity index (χ0v) is 12.7. The molecular formula is C16H26N2O2. The Labute approximate surface area is 121 Å². The van der Waals surface area contributed by atoms with E-state index in [1.807, 2.05) is 24.3 Å². The molecule has 0 saturated heterocycles. The molecular weight excluding hydrogens is 252 g/mol. The van der Waals surface area contributed by atoms with Gasteiger partial charge < -0.3 is 15.4 Å². The Morgan fingerprint density at radius 1 is 1.25 bits per heavy atom. The summed E-state index contributed by atoms with van der Waals surface area (Å²) in [6.45, 7) is 6.26. The zero-order valence-electron chi connectivity index (χ0n) is 12.7. The van der Waals surface area contributed by atoms with E-state index in [9.17, 15) is 4.79 Å². The number of hydrogen-bond donors (Lipinski definition) is 2. The van der Waals surface area contributed by atoms with Gasteiger partial charge in [0.2, 0.25) is 5.91 Å². The summed E-state index contributed by atoms with van der Waals surface area (Å²) >= 11 is 0. The fraction of sp³-hybridized carbons (Fsp3) is 0.562. The van der Waals surface area contributed by atoms with Crippen molar-refractivity contribution in [2.24, 2.45) is 5.92 Å². The molecule has 0 aliphatic carbocycles. The van der Waals surface area contributed by atoms with Crippen molar-refractivity contribution in [3.8, 4) is 5.75 Å². The largest absolute Gasteiger partial charge is 0.496 e. The molecule has 1 aromatic carbocycles. The molecule has 112 valence electrons. The van der Waals surface area contributed by atoms with Crippen molar-refractivity contribution in [1.82, 2.24) is 10.6 Å². The third-order valence-corrected chi connectivity index (χ3v) is 3.09. The molecule has 0 aliphatic rings. The maximum Gasteiger partial charge on any atom is 0.233 e. The maximum absolute atomic E-state index is 11.6. The van der Waals surface area contributed by atoms with Crippen molar-refractivity contribution in [1.29, 1.82) is 0 Å². The minimum Gasteiger partial charge on any atom is -0.496 e. The van der Waals surface area contributed by atoms with Crippen molar-refractivity contribution < 1.29 is 9.53 Å². The first-order valence-corrected chi connectivity index (χ1v) is 7.22. The number of amides is 1. The third-order valence-electron chi connectivity index (χ3n) is 3.09. The molecule has 1 amide bonds. The predicted octanol–water partition coefficient (Wildman–Crippen LogP) is 1.99. The van der Waals surface area contributed by atoms with E-state index in [1.54, 1.807) is 7.11 Å². The molecule has 0 radical (unpaired) electrons. The Bertz CT molecular complexity index is 405. The van der Waals surface area contributed by atoms with E-state index in [4.69, 9.17) is 4.74 Å². The molecule has 0 spiro atoms. The Kier molecular flexibility index (Phi) is 7.73. The Hall–Kier alpha value is -1.55. The lowest BCUT2D eigenvalue weighted by Gasteiger charge is -2.10. The Morgan fingerprint density at radius 2 is 2.00 bits per heavy atom. The molecule has 0 aromatic heterocycles. The first-order valence-electron chi connectivity index (χ1n) is 7.22. The molecule has 0 fully saturated rings. The monoisotopic (exact) mass is 278 g/mol. The Balaban J connectivity index is 2.18. The lowest BCUT2D eigenvalue weighted by atomic mass is 10.1. The number of carbonyl (C=O) groups is 1. The molecule has 0 bridgehead atoms. The second kappa shape index (κ2) is 9.37. The van der Waals surface area contributed by atoms with Crippen molar-refractivity contribution in [3.63, 3.8) is 0 Å². The fourth-order valence-electron chi connectivity index (χ4n) is 1.90. The van der Waals surface area contributed by atoms with Crippen LogP contribution < -0.4 is 15.4 Å². The van der Waals surface area contributed by atoms with Crippen molar-refractivity contribution in [2.45, 2.75) is 26.7 Å². The molecule has 0 unspecified atom stereocenters. The van der Waals surface area contributed by atoms with E-state index in [-0.39, 0.29) is 5.91 Å². The van der Waals surface area contributed by atoms with Gasteiger partial charge in [0.05, 0.1) is 13.7 Å². The van der Waals surface area contributed by atoms with Gasteiger partial charge in [0.1, 0.15) is 5.75 Å². The number of rotatable bonds is 9. The van der Waals surface area contributed by atoms with Gasteiger partial charge in [0.25, 0.3) is 0 Å². The summed E-state index contributed by atoms with van der Waals surface area (Å²) in [7, 11) is 1.66. The van der Waals surface area contributed by atoms with Gasteiger partial charge in [-0.3, -0.25) is 4.79 Å². The van der Waals surface area contributed by atoms with Crippen molar-refractivity contribution in [2.75, 3.05) is 26.7 Å². The number of nitrogens with one attached hydrogen (secondary N) is 2. The molecule has 1 aromatic rings. The van der Waals surface area contributed by atoms with Gasteiger partial charge >= 0.3 is 0 Å². The number of hydrogen-bond acceptors (Lipinski definition) is 3. The highest BCUT2D eigenvalue weighted by Gasteiger charge is 2.03. The number of para-hydroxylation sites is 1. The van der Waals surface area contributed by atoms with Crippen LogP contribution >= 0.6 is 0 Å². The standard InChI is InChI=1S/C16H26N2O2/c1-13(2)8-10-17-12-16(19)18-11-9-14-6-4-5-7-15(14)20-3/h4-7,13,17H,8-12H2,1-3H3,(H,18,19). The quantitative estimate of drug-likeness (QED) is 0.679. The number of methoxy groups -OCH3 is 1. The van der Waals surface area contributed by atoms with Crippen LogP contribution in [-0.4, -0.2) is 32.7 Å². The van der Waals surface area contributed by atoms with Crippen LogP contribution in [0.1, 0.15) is 25.8 Å². The van der Waals surface area contributed by atoms with Gasteiger partial charge in [-0.15, -0.1) is 0 Å². The minimum absolute atomic E-state index is 0.0451. The van der Waals surface area contributed by atoms with E-state index < -0.39 is 0 Å². The van der Waals surface area contributed by atoms with E-state index in [2.05, 4.69) is 24.5 Å². The van der Waals surface area contributed by atoms with E-state index >= 15 is 0 Å². The van der Waals surface area contributed by atoms with Gasteiger partial charge in [0.15, 0.2) is 0 Å². The molecule has 0 saturated carbocycles. The molecule has 0 heterocycles. The van der Waals surface area contributed by atoms with Gasteiger partial charge in [-0.05, 0) is 36.9 Å². The van der Waals surface area contributed by atoms with E-state index in [0.717, 1.165) is 30.7 Å². The molecule has 4 nitrogen and oxygen atoms in total. The fourth-order valence-corrected chi connectivity index (χ4v) is 1.90. The van der Waals surface area contributed by atoms with Gasteiger partial charge in [-0.25, -0.2) is 0 Å². The lowest BCUT2D eigenvalue weighted by Crippen LogP contribution is -2.35. The van der Waals surface area contributed by atoms with Crippen LogP contribution in [0.25, 0.3) is 0 Å². The number of carbonyl (C=O) groups excluding carboxylic acids is 1. The second-order valence-corrected chi connectivity index (χ2v) is 5.27. The predicted molar refractivity (Wildman–Crippen MR) is 82.0 cm³/mol. The summed E-state index contributed by atoms with van der Waals surface area (Å²) < 4.78 is 5.28. The molecule has 0 aliphatic heterocycles. The van der Waals surface area contributed by atoms with Gasteiger partial charge in [-0.1, -0.05) is 32.0 Å². The maximum atomic E-state index is 11.6. The van der Waals surface area contributed by atoms with Crippen LogP contribution in [0.5, 0.6) is 5.75 Å².